The molecular weight excluding hydrogens is 314 g/mol. The third-order valence-electron chi connectivity index (χ3n) is 3.89. The van der Waals surface area contributed by atoms with Crippen LogP contribution in [0.5, 0.6) is 0 Å². The molecule has 5 nitrogen and oxygen atoms in total. The summed E-state index contributed by atoms with van der Waals surface area (Å²) in [5.74, 6) is -0.427. The highest BCUT2D eigenvalue weighted by Gasteiger charge is 2.22. The molecule has 1 aromatic carbocycles. The number of carbonyl (C=O) groups is 1. The summed E-state index contributed by atoms with van der Waals surface area (Å²) >= 11 is 0. The molecule has 3 rings (SSSR count). The molecule has 0 aliphatic rings. The van der Waals surface area contributed by atoms with Gasteiger partial charge in [0, 0.05) is 30.6 Å². The van der Waals surface area contributed by atoms with Crippen LogP contribution in [0.2, 0.25) is 0 Å². The van der Waals surface area contributed by atoms with Crippen molar-refractivity contribution >= 4 is 11.7 Å². The number of aromatic nitrogens is 2. The van der Waals surface area contributed by atoms with Crippen molar-refractivity contribution in [3.63, 3.8) is 0 Å². The van der Waals surface area contributed by atoms with Crippen molar-refractivity contribution in [2.45, 2.75) is 6.92 Å². The Labute approximate surface area is 146 Å². The maximum atomic E-state index is 12.3. The number of aryl methyl sites for hydroxylation is 1. The van der Waals surface area contributed by atoms with Gasteiger partial charge in [-0.3, -0.25) is 4.98 Å². The lowest BCUT2D eigenvalue weighted by Crippen LogP contribution is -2.10. The number of pyridine rings is 1. The number of benzene rings is 1. The van der Waals surface area contributed by atoms with Crippen LogP contribution in [0.1, 0.15) is 17.4 Å². The highest BCUT2D eigenvalue weighted by molar-refractivity contribution is 6.00. The molecular formula is C20H17N3O2. The molecule has 0 fully saturated rings. The number of rotatable bonds is 4. The lowest BCUT2D eigenvalue weighted by molar-refractivity contribution is 0.0516. The van der Waals surface area contributed by atoms with E-state index in [2.05, 4.69) is 9.83 Å². The number of nitrogens with zero attached hydrogens (tertiary/aromatic N) is 3. The SMILES string of the molecule is [C-]#[N+]c1cn(C)c(C(=O)OCC)c1-c1ccc(-c2ccccn2)cc1. The van der Waals surface area contributed by atoms with Crippen LogP contribution in [0.25, 0.3) is 27.2 Å². The Bertz CT molecular complexity index is 936. The van der Waals surface area contributed by atoms with Crippen molar-refractivity contribution in [1.29, 1.82) is 0 Å². The van der Waals surface area contributed by atoms with Crippen LogP contribution < -0.4 is 0 Å². The number of hydrogen-bond acceptors (Lipinski definition) is 3. The van der Waals surface area contributed by atoms with Gasteiger partial charge in [-0.1, -0.05) is 30.3 Å². The summed E-state index contributed by atoms with van der Waals surface area (Å²) in [5.41, 5.74) is 4.06. The van der Waals surface area contributed by atoms with Gasteiger partial charge >= 0.3 is 5.97 Å². The van der Waals surface area contributed by atoms with Crippen molar-refractivity contribution in [2.24, 2.45) is 7.05 Å². The molecule has 0 unspecified atom stereocenters. The average Bonchev–Trinajstić information content (AvgIpc) is 2.99. The highest BCUT2D eigenvalue weighted by Crippen LogP contribution is 2.36. The molecule has 0 radical (unpaired) electrons. The summed E-state index contributed by atoms with van der Waals surface area (Å²) in [6.07, 6.45) is 3.40. The van der Waals surface area contributed by atoms with Gasteiger partial charge in [0.2, 0.25) is 5.69 Å². The fourth-order valence-electron chi connectivity index (χ4n) is 2.77. The van der Waals surface area contributed by atoms with Crippen molar-refractivity contribution in [3.05, 3.63) is 72.0 Å². The van der Waals surface area contributed by atoms with E-state index in [1.807, 2.05) is 42.5 Å². The Morgan fingerprint density at radius 2 is 1.92 bits per heavy atom. The minimum atomic E-state index is -0.427. The first-order valence-corrected chi connectivity index (χ1v) is 7.91. The Kier molecular flexibility index (Phi) is 4.62. The van der Waals surface area contributed by atoms with Gasteiger partial charge in [0.25, 0.3) is 0 Å². The van der Waals surface area contributed by atoms with E-state index in [0.717, 1.165) is 16.8 Å². The molecule has 0 saturated carbocycles. The summed E-state index contributed by atoms with van der Waals surface area (Å²) in [6.45, 7) is 9.46. The third-order valence-corrected chi connectivity index (χ3v) is 3.89. The zero-order valence-electron chi connectivity index (χ0n) is 14.1. The van der Waals surface area contributed by atoms with E-state index in [-0.39, 0.29) is 6.61 Å². The smallest absolute Gasteiger partial charge is 0.354 e. The zero-order chi connectivity index (χ0) is 17.8. The molecule has 0 aliphatic heterocycles. The molecule has 5 heteroatoms. The van der Waals surface area contributed by atoms with Crippen LogP contribution in [-0.4, -0.2) is 22.1 Å². The molecule has 3 aromatic rings. The van der Waals surface area contributed by atoms with E-state index >= 15 is 0 Å². The maximum Gasteiger partial charge on any atom is 0.354 e. The topological polar surface area (TPSA) is 48.5 Å². The first-order chi connectivity index (χ1) is 12.2. The van der Waals surface area contributed by atoms with Gasteiger partial charge in [-0.25, -0.2) is 9.64 Å². The van der Waals surface area contributed by atoms with Crippen LogP contribution in [0, 0.1) is 6.57 Å². The number of esters is 1. The third kappa shape index (κ3) is 3.15. The maximum absolute atomic E-state index is 12.3. The Hall–Kier alpha value is -3.39. The quantitative estimate of drug-likeness (QED) is 0.523. The van der Waals surface area contributed by atoms with E-state index in [4.69, 9.17) is 11.3 Å². The van der Waals surface area contributed by atoms with Gasteiger partial charge < -0.3 is 9.30 Å². The monoisotopic (exact) mass is 331 g/mol. The van der Waals surface area contributed by atoms with Crippen LogP contribution in [-0.2, 0) is 11.8 Å². The minimum absolute atomic E-state index is 0.287. The Morgan fingerprint density at radius 3 is 2.52 bits per heavy atom. The molecule has 0 spiro atoms. The van der Waals surface area contributed by atoms with E-state index in [1.165, 1.54) is 0 Å². The van der Waals surface area contributed by atoms with Gasteiger partial charge in [-0.05, 0) is 24.6 Å². The van der Waals surface area contributed by atoms with Crippen molar-refractivity contribution in [1.82, 2.24) is 9.55 Å². The Balaban J connectivity index is 2.07. The second-order valence-electron chi connectivity index (χ2n) is 5.47. The molecule has 0 bridgehead atoms. The molecule has 25 heavy (non-hydrogen) atoms. The van der Waals surface area contributed by atoms with E-state index in [1.54, 1.807) is 30.9 Å². The predicted molar refractivity (Wildman–Crippen MR) is 96.3 cm³/mol. The molecule has 2 heterocycles. The van der Waals surface area contributed by atoms with Crippen LogP contribution >= 0.6 is 0 Å². The van der Waals surface area contributed by atoms with Crippen molar-refractivity contribution in [2.75, 3.05) is 6.61 Å². The highest BCUT2D eigenvalue weighted by atomic mass is 16.5. The fraction of sp³-hybridized carbons (Fsp3) is 0.150. The predicted octanol–water partition coefficient (Wildman–Crippen LogP) is 4.48. The molecule has 0 saturated heterocycles. The van der Waals surface area contributed by atoms with Gasteiger partial charge in [-0.15, -0.1) is 0 Å². The second-order valence-corrected chi connectivity index (χ2v) is 5.47. The second kappa shape index (κ2) is 7.02. The summed E-state index contributed by atoms with van der Waals surface area (Å²) in [5, 5.41) is 0. The lowest BCUT2D eigenvalue weighted by atomic mass is 10.0. The van der Waals surface area contributed by atoms with E-state index in [9.17, 15) is 4.79 Å². The van der Waals surface area contributed by atoms with Gasteiger partial charge in [0.15, 0.2) is 0 Å². The van der Waals surface area contributed by atoms with Gasteiger partial charge in [0.05, 0.1) is 18.9 Å². The lowest BCUT2D eigenvalue weighted by Gasteiger charge is -2.09. The number of ether oxygens (including phenoxy) is 1. The summed E-state index contributed by atoms with van der Waals surface area (Å²) < 4.78 is 6.80. The normalized spacial score (nSPS) is 10.3. The zero-order valence-corrected chi connectivity index (χ0v) is 14.1. The van der Waals surface area contributed by atoms with Crippen LogP contribution in [0.3, 0.4) is 0 Å². The fourth-order valence-corrected chi connectivity index (χ4v) is 2.77. The first kappa shape index (κ1) is 16.5. The largest absolute Gasteiger partial charge is 0.461 e. The van der Waals surface area contributed by atoms with Crippen LogP contribution in [0.4, 0.5) is 5.69 Å². The van der Waals surface area contributed by atoms with E-state index in [0.29, 0.717) is 16.9 Å². The standard InChI is InChI=1S/C20H17N3O2/c1-4-25-20(24)19-18(17(21-2)13-23(19)3)15-10-8-14(9-11-15)16-7-5-6-12-22-16/h5-13H,4H2,1,3H3. The molecule has 0 N–H and O–H groups in total. The van der Waals surface area contributed by atoms with Gasteiger partial charge in [0.1, 0.15) is 5.69 Å². The number of hydrogen-bond donors (Lipinski definition) is 0. The van der Waals surface area contributed by atoms with Gasteiger partial charge in [-0.2, -0.15) is 0 Å². The minimum Gasteiger partial charge on any atom is -0.461 e. The molecule has 0 aliphatic carbocycles. The van der Waals surface area contributed by atoms with Crippen molar-refractivity contribution in [3.8, 4) is 22.4 Å². The Morgan fingerprint density at radius 1 is 1.20 bits per heavy atom. The number of carbonyl (C=O) groups excluding carboxylic acids is 1. The molecule has 124 valence electrons. The summed E-state index contributed by atoms with van der Waals surface area (Å²) in [7, 11) is 1.74. The molecule has 0 amide bonds. The van der Waals surface area contributed by atoms with Crippen molar-refractivity contribution < 1.29 is 9.53 Å². The average molecular weight is 331 g/mol. The first-order valence-electron chi connectivity index (χ1n) is 7.91. The molecule has 2 aromatic heterocycles. The summed E-state index contributed by atoms with van der Waals surface area (Å²) in [6, 6.07) is 13.4. The van der Waals surface area contributed by atoms with Crippen LogP contribution in [0.15, 0.2) is 54.9 Å². The van der Waals surface area contributed by atoms with E-state index < -0.39 is 5.97 Å². The molecule has 0 atom stereocenters. The summed E-state index contributed by atoms with van der Waals surface area (Å²) in [4.78, 5) is 20.2.